The van der Waals surface area contributed by atoms with Crippen molar-refractivity contribution >= 4 is 46.1 Å². The van der Waals surface area contributed by atoms with Crippen molar-refractivity contribution in [2.75, 3.05) is 5.90 Å². The molecule has 0 aromatic carbocycles. The molecule has 9 heavy (non-hydrogen) atoms. The molecular formula is C3H8O2P2S2. The van der Waals surface area contributed by atoms with Crippen molar-refractivity contribution in [1.29, 1.82) is 0 Å². The molecule has 0 aromatic rings. The van der Waals surface area contributed by atoms with E-state index in [1.165, 1.54) is 20.8 Å². The van der Waals surface area contributed by atoms with Crippen molar-refractivity contribution in [2.24, 2.45) is 0 Å². The molecule has 1 aliphatic rings. The largest absolute Gasteiger partial charge is 0.365 e. The van der Waals surface area contributed by atoms with Gasteiger partial charge in [-0.3, -0.25) is 0 Å². The fourth-order valence-corrected chi connectivity index (χ4v) is 21.1. The van der Waals surface area contributed by atoms with Crippen molar-refractivity contribution in [3.05, 3.63) is 0 Å². The Morgan fingerprint density at radius 2 is 1.44 bits per heavy atom. The number of rotatable bonds is 0. The van der Waals surface area contributed by atoms with Gasteiger partial charge in [-0.15, -0.1) is 0 Å². The SMILES string of the molecule is C=P1(O)CP(=C)(O)SS1. The summed E-state index contributed by atoms with van der Waals surface area (Å²) < 4.78 is 0. The Balaban J connectivity index is 2.81. The van der Waals surface area contributed by atoms with E-state index in [1.54, 1.807) is 0 Å². The third-order valence-electron chi connectivity index (χ3n) is 0.753. The van der Waals surface area contributed by atoms with E-state index in [0.29, 0.717) is 5.90 Å². The lowest BCUT2D eigenvalue weighted by Crippen LogP contribution is -1.75. The van der Waals surface area contributed by atoms with Crippen LogP contribution in [0, 0.1) is 0 Å². The lowest BCUT2D eigenvalue weighted by molar-refractivity contribution is 0.629. The molecule has 2 N–H and O–H groups in total. The molecule has 1 fully saturated rings. The smallest absolute Gasteiger partial charge is 0.0666 e. The summed E-state index contributed by atoms with van der Waals surface area (Å²) in [6, 6.07) is 0. The van der Waals surface area contributed by atoms with E-state index < -0.39 is 12.6 Å². The summed E-state index contributed by atoms with van der Waals surface area (Å²) in [4.78, 5) is 18.6. The normalized spacial score (nSPS) is 51.8. The summed E-state index contributed by atoms with van der Waals surface area (Å²) in [5, 5.41) is 0. The second kappa shape index (κ2) is 2.37. The molecule has 0 saturated carbocycles. The van der Waals surface area contributed by atoms with Crippen LogP contribution in [0.25, 0.3) is 0 Å². The van der Waals surface area contributed by atoms with Crippen LogP contribution >= 0.6 is 33.5 Å². The average Bonchev–Trinajstić information content (AvgIpc) is 1.78. The summed E-state index contributed by atoms with van der Waals surface area (Å²) in [5.74, 6) is 0.440. The van der Waals surface area contributed by atoms with Crippen LogP contribution < -0.4 is 0 Å². The highest BCUT2D eigenvalue weighted by atomic mass is 33.5. The van der Waals surface area contributed by atoms with Gasteiger partial charge in [-0.05, 0) is 20.8 Å². The van der Waals surface area contributed by atoms with Crippen LogP contribution in [-0.4, -0.2) is 28.3 Å². The molecule has 6 heteroatoms. The molecule has 0 radical (unpaired) electrons. The van der Waals surface area contributed by atoms with Gasteiger partial charge in [0.25, 0.3) is 0 Å². The molecule has 54 valence electrons. The molecular weight excluding hydrogens is 194 g/mol. The van der Waals surface area contributed by atoms with E-state index in [1.807, 2.05) is 0 Å². The first-order valence-electron chi connectivity index (χ1n) is 2.20. The van der Waals surface area contributed by atoms with E-state index in [0.717, 1.165) is 0 Å². The quantitative estimate of drug-likeness (QED) is 0.465. The van der Waals surface area contributed by atoms with E-state index in [-0.39, 0.29) is 0 Å². The fourth-order valence-electron chi connectivity index (χ4n) is 0.517. The van der Waals surface area contributed by atoms with Crippen LogP contribution in [0.5, 0.6) is 0 Å². The first-order valence-corrected chi connectivity index (χ1v) is 9.78. The van der Waals surface area contributed by atoms with Gasteiger partial charge >= 0.3 is 0 Å². The molecule has 2 nitrogen and oxygen atoms in total. The van der Waals surface area contributed by atoms with E-state index in [9.17, 15) is 9.79 Å². The van der Waals surface area contributed by atoms with Gasteiger partial charge in [0.05, 0.1) is 18.5 Å². The van der Waals surface area contributed by atoms with Crippen LogP contribution in [-0.2, 0) is 0 Å². The highest BCUT2D eigenvalue weighted by molar-refractivity contribution is 9.18. The first-order chi connectivity index (χ1) is 3.91. The predicted octanol–water partition coefficient (Wildman–Crippen LogP) is 1.88. The minimum Gasteiger partial charge on any atom is -0.365 e. The lowest BCUT2D eigenvalue weighted by atomic mass is 11.9. The third-order valence-corrected chi connectivity index (χ3v) is 16.2. The Morgan fingerprint density at radius 3 is 1.56 bits per heavy atom. The van der Waals surface area contributed by atoms with Crippen LogP contribution in [0.3, 0.4) is 0 Å². The molecule has 0 spiro atoms. The predicted molar refractivity (Wildman–Crippen MR) is 52.6 cm³/mol. The van der Waals surface area contributed by atoms with Crippen molar-refractivity contribution in [3.8, 4) is 0 Å². The maximum absolute atomic E-state index is 9.30. The van der Waals surface area contributed by atoms with Crippen LogP contribution in [0.4, 0.5) is 0 Å². The topological polar surface area (TPSA) is 40.5 Å². The molecule has 0 aromatic heterocycles. The van der Waals surface area contributed by atoms with Gasteiger partial charge in [0.2, 0.25) is 0 Å². The summed E-state index contributed by atoms with van der Waals surface area (Å²) >= 11 is 0. The standard InChI is InChI=1S/C3H8O2P2S2/c1-6(4)3-7(2,5)9-8-6/h4-5H,1-3H2. The van der Waals surface area contributed by atoms with Gasteiger partial charge in [-0.1, -0.05) is 12.6 Å². The van der Waals surface area contributed by atoms with Crippen molar-refractivity contribution < 1.29 is 9.79 Å². The van der Waals surface area contributed by atoms with Crippen LogP contribution in [0.1, 0.15) is 0 Å². The second-order valence-electron chi connectivity index (χ2n) is 1.98. The van der Waals surface area contributed by atoms with Gasteiger partial charge < -0.3 is 9.79 Å². The van der Waals surface area contributed by atoms with Gasteiger partial charge in [-0.25, -0.2) is 0 Å². The maximum atomic E-state index is 9.30. The molecule has 1 saturated heterocycles. The summed E-state index contributed by atoms with van der Waals surface area (Å²) in [5.41, 5.74) is 0. The highest BCUT2D eigenvalue weighted by Gasteiger charge is 2.30. The van der Waals surface area contributed by atoms with Crippen LogP contribution in [0.15, 0.2) is 0 Å². The molecule has 1 rings (SSSR count). The Hall–Kier alpha value is 1.22. The maximum Gasteiger partial charge on any atom is 0.0666 e. The fraction of sp³-hybridized carbons (Fsp3) is 0.333. The minimum absolute atomic E-state index is 0.440. The average molecular weight is 202 g/mol. The Kier molecular flexibility index (Phi) is 2.19. The number of hydrogen-bond acceptors (Lipinski definition) is 4. The number of hydrogen-bond donors (Lipinski definition) is 2. The van der Waals surface area contributed by atoms with Gasteiger partial charge in [-0.2, -0.15) is 0 Å². The summed E-state index contributed by atoms with van der Waals surface area (Å²) in [7, 11) is 2.63. The summed E-state index contributed by atoms with van der Waals surface area (Å²) in [6.45, 7) is 0. The van der Waals surface area contributed by atoms with Crippen molar-refractivity contribution in [2.45, 2.75) is 0 Å². The van der Waals surface area contributed by atoms with Crippen molar-refractivity contribution in [3.63, 3.8) is 0 Å². The molecule has 2 unspecified atom stereocenters. The monoisotopic (exact) mass is 202 g/mol. The van der Waals surface area contributed by atoms with E-state index in [4.69, 9.17) is 0 Å². The highest BCUT2D eigenvalue weighted by Crippen LogP contribution is 2.84. The van der Waals surface area contributed by atoms with Gasteiger partial charge in [0.1, 0.15) is 0 Å². The third kappa shape index (κ3) is 2.38. The first kappa shape index (κ1) is 8.32. The molecule has 0 amide bonds. The lowest BCUT2D eigenvalue weighted by Gasteiger charge is -2.05. The molecule has 0 bridgehead atoms. The van der Waals surface area contributed by atoms with Gasteiger partial charge in [0.15, 0.2) is 0 Å². The zero-order valence-electron chi connectivity index (χ0n) is 4.73. The molecule has 2 atom stereocenters. The Bertz CT molecular complexity index is 192. The molecule has 0 aliphatic carbocycles. The van der Waals surface area contributed by atoms with Crippen molar-refractivity contribution in [1.82, 2.24) is 0 Å². The summed E-state index contributed by atoms with van der Waals surface area (Å²) in [6.07, 6.45) is 3.11. The zero-order valence-corrected chi connectivity index (χ0v) is 8.15. The van der Waals surface area contributed by atoms with Crippen LogP contribution in [0.2, 0.25) is 0 Å². The van der Waals surface area contributed by atoms with E-state index in [2.05, 4.69) is 12.6 Å². The zero-order chi connectivity index (χ0) is 7.12. The van der Waals surface area contributed by atoms with E-state index >= 15 is 0 Å². The Morgan fingerprint density at radius 1 is 1.11 bits per heavy atom. The second-order valence-corrected chi connectivity index (χ2v) is 14.5. The molecule has 1 aliphatic heterocycles. The van der Waals surface area contributed by atoms with Gasteiger partial charge in [0, 0.05) is 0 Å². The Labute approximate surface area is 62.1 Å². The minimum atomic E-state index is -2.05. The molecule has 1 heterocycles.